The average Bonchev–Trinajstić information content (AvgIpc) is 2.77. The number of benzene rings is 1. The van der Waals surface area contributed by atoms with Gasteiger partial charge in [0.15, 0.2) is 0 Å². The molecule has 2 N–H and O–H groups in total. The molecule has 1 unspecified atom stereocenters. The second kappa shape index (κ2) is 8.26. The number of hydrogen-bond acceptors (Lipinski definition) is 6. The van der Waals surface area contributed by atoms with E-state index in [-0.39, 0.29) is 6.04 Å². The Bertz CT molecular complexity index is 1180. The lowest BCUT2D eigenvalue weighted by Gasteiger charge is -2.33. The topological polar surface area (TPSA) is 92.1 Å². The highest BCUT2D eigenvalue weighted by atomic mass is 15.5. The molecule has 1 fully saturated rings. The van der Waals surface area contributed by atoms with Gasteiger partial charge in [-0.05, 0) is 49.6 Å². The fourth-order valence-corrected chi connectivity index (χ4v) is 3.91. The molecule has 31 heavy (non-hydrogen) atoms. The van der Waals surface area contributed by atoms with Crippen LogP contribution in [-0.2, 0) is 0 Å². The molecular formula is C24H25N7. The van der Waals surface area contributed by atoms with E-state index in [0.717, 1.165) is 46.5 Å². The standard InChI is InChI=1S/C24H25N7/c1-16(29-24(18-5-4-6-18)31-14-23(25)27-15-28-31)19-9-8-17-10-11-21(30-22(17)13-19)20-7-2-3-12-26-20/h2-3,7-13,15-16,18H,4-6,14H2,1H3,(H2,25,27,28)/b29-24-. The first-order chi connectivity index (χ1) is 15.2. The zero-order valence-corrected chi connectivity index (χ0v) is 17.5. The van der Waals surface area contributed by atoms with Gasteiger partial charge >= 0.3 is 0 Å². The maximum Gasteiger partial charge on any atom is 0.138 e. The molecule has 3 aromatic rings. The Kier molecular flexibility index (Phi) is 5.16. The minimum Gasteiger partial charge on any atom is -0.386 e. The molecule has 7 heteroatoms. The van der Waals surface area contributed by atoms with Crippen LogP contribution in [0.4, 0.5) is 0 Å². The molecule has 1 saturated carbocycles. The molecule has 3 heterocycles. The molecular weight excluding hydrogens is 386 g/mol. The van der Waals surface area contributed by atoms with Crippen molar-refractivity contribution in [3.8, 4) is 11.4 Å². The minimum atomic E-state index is -0.0180. The van der Waals surface area contributed by atoms with Crippen molar-refractivity contribution in [1.29, 1.82) is 0 Å². The highest BCUT2D eigenvalue weighted by Crippen LogP contribution is 2.32. The van der Waals surface area contributed by atoms with Crippen LogP contribution in [0.25, 0.3) is 22.3 Å². The van der Waals surface area contributed by atoms with E-state index in [1.54, 1.807) is 6.20 Å². The quantitative estimate of drug-likeness (QED) is 0.515. The molecule has 0 radical (unpaired) electrons. The minimum absolute atomic E-state index is 0.0180. The smallest absolute Gasteiger partial charge is 0.138 e. The number of hydrazone groups is 1. The molecule has 1 aromatic carbocycles. The van der Waals surface area contributed by atoms with Crippen molar-refractivity contribution in [3.63, 3.8) is 0 Å². The lowest BCUT2D eigenvalue weighted by molar-refractivity contribution is 0.355. The molecule has 2 aliphatic rings. The summed E-state index contributed by atoms with van der Waals surface area (Å²) >= 11 is 0. The number of hydrogen-bond donors (Lipinski definition) is 1. The predicted molar refractivity (Wildman–Crippen MR) is 125 cm³/mol. The maximum absolute atomic E-state index is 5.94. The average molecular weight is 412 g/mol. The van der Waals surface area contributed by atoms with Crippen LogP contribution in [0.15, 0.2) is 69.8 Å². The molecule has 0 amide bonds. The maximum atomic E-state index is 5.94. The highest BCUT2D eigenvalue weighted by molar-refractivity contribution is 5.96. The number of aromatic nitrogens is 2. The van der Waals surface area contributed by atoms with Crippen LogP contribution in [0.2, 0.25) is 0 Å². The number of aliphatic imine (C=N–C) groups is 2. The van der Waals surface area contributed by atoms with Crippen LogP contribution >= 0.6 is 0 Å². The molecule has 0 bridgehead atoms. The van der Waals surface area contributed by atoms with Crippen molar-refractivity contribution < 1.29 is 0 Å². The molecule has 1 atom stereocenters. The van der Waals surface area contributed by atoms with Crippen molar-refractivity contribution >= 4 is 28.9 Å². The highest BCUT2D eigenvalue weighted by Gasteiger charge is 2.29. The Morgan fingerprint density at radius 3 is 2.74 bits per heavy atom. The van der Waals surface area contributed by atoms with Crippen molar-refractivity contribution in [3.05, 3.63) is 60.3 Å². The summed E-state index contributed by atoms with van der Waals surface area (Å²) in [6.07, 6.45) is 6.81. The zero-order valence-electron chi connectivity index (χ0n) is 17.5. The SMILES string of the molecule is CC(/N=C(/C1CCC1)N1CC(N)=NC=N1)c1ccc2ccc(-c3ccccn3)nc2c1. The fraction of sp³-hybridized carbons (Fsp3) is 0.292. The number of nitrogens with zero attached hydrogens (tertiary/aromatic N) is 6. The van der Waals surface area contributed by atoms with Gasteiger partial charge in [-0.3, -0.25) is 9.98 Å². The largest absolute Gasteiger partial charge is 0.386 e. The van der Waals surface area contributed by atoms with E-state index < -0.39 is 0 Å². The fourth-order valence-electron chi connectivity index (χ4n) is 3.91. The van der Waals surface area contributed by atoms with Crippen molar-refractivity contribution in [2.45, 2.75) is 32.2 Å². The van der Waals surface area contributed by atoms with Gasteiger partial charge in [-0.2, -0.15) is 5.10 Å². The first kappa shape index (κ1) is 19.4. The predicted octanol–water partition coefficient (Wildman–Crippen LogP) is 4.17. The third-order valence-electron chi connectivity index (χ3n) is 5.91. The van der Waals surface area contributed by atoms with Crippen LogP contribution in [0.1, 0.15) is 37.8 Å². The monoisotopic (exact) mass is 411 g/mol. The summed E-state index contributed by atoms with van der Waals surface area (Å²) in [6, 6.07) is 16.3. The van der Waals surface area contributed by atoms with Crippen LogP contribution in [0, 0.1) is 5.92 Å². The Morgan fingerprint density at radius 1 is 1.13 bits per heavy atom. The molecule has 0 spiro atoms. The van der Waals surface area contributed by atoms with Gasteiger partial charge in [0.2, 0.25) is 0 Å². The molecule has 7 nitrogen and oxygen atoms in total. The van der Waals surface area contributed by atoms with Gasteiger partial charge in [-0.1, -0.05) is 30.7 Å². The Labute approximate surface area is 181 Å². The summed E-state index contributed by atoms with van der Waals surface area (Å²) in [6.45, 7) is 2.61. The van der Waals surface area contributed by atoms with E-state index in [2.05, 4.69) is 46.3 Å². The normalized spacial score (nSPS) is 18.0. The van der Waals surface area contributed by atoms with Gasteiger partial charge in [-0.25, -0.2) is 15.0 Å². The number of pyridine rings is 2. The van der Waals surface area contributed by atoms with Gasteiger partial charge in [0.05, 0.1) is 22.9 Å². The van der Waals surface area contributed by atoms with Gasteiger partial charge in [0.1, 0.15) is 24.6 Å². The number of rotatable bonds is 4. The summed E-state index contributed by atoms with van der Waals surface area (Å²) < 4.78 is 0. The van der Waals surface area contributed by atoms with Crippen LogP contribution in [0.5, 0.6) is 0 Å². The molecule has 156 valence electrons. The lowest BCUT2D eigenvalue weighted by atomic mass is 9.84. The van der Waals surface area contributed by atoms with Crippen molar-refractivity contribution in [2.24, 2.45) is 26.7 Å². The second-order valence-electron chi connectivity index (χ2n) is 8.06. The van der Waals surface area contributed by atoms with Crippen molar-refractivity contribution in [2.75, 3.05) is 6.54 Å². The van der Waals surface area contributed by atoms with Gasteiger partial charge in [-0.15, -0.1) is 0 Å². The van der Waals surface area contributed by atoms with E-state index in [0.29, 0.717) is 18.3 Å². The lowest BCUT2D eigenvalue weighted by Crippen LogP contribution is -2.42. The van der Waals surface area contributed by atoms with Crippen molar-refractivity contribution in [1.82, 2.24) is 15.0 Å². The van der Waals surface area contributed by atoms with Crippen LogP contribution < -0.4 is 5.73 Å². The Morgan fingerprint density at radius 2 is 2.00 bits per heavy atom. The molecule has 1 aliphatic carbocycles. The van der Waals surface area contributed by atoms with Gasteiger partial charge < -0.3 is 5.73 Å². The third-order valence-corrected chi connectivity index (χ3v) is 5.91. The summed E-state index contributed by atoms with van der Waals surface area (Å²) in [7, 11) is 0. The summed E-state index contributed by atoms with van der Waals surface area (Å²) in [5.74, 6) is 2.00. The number of amidine groups is 2. The van der Waals surface area contributed by atoms with E-state index in [4.69, 9.17) is 15.7 Å². The molecule has 0 saturated heterocycles. The summed E-state index contributed by atoms with van der Waals surface area (Å²) in [5, 5.41) is 7.42. The molecule has 2 aromatic heterocycles. The van der Waals surface area contributed by atoms with E-state index >= 15 is 0 Å². The zero-order chi connectivity index (χ0) is 21.2. The first-order valence-electron chi connectivity index (χ1n) is 10.7. The van der Waals surface area contributed by atoms with E-state index in [1.807, 2.05) is 29.3 Å². The summed E-state index contributed by atoms with van der Waals surface area (Å²) in [4.78, 5) is 18.4. The summed E-state index contributed by atoms with van der Waals surface area (Å²) in [5.41, 5.74) is 9.75. The third kappa shape index (κ3) is 4.03. The molecule has 5 rings (SSSR count). The Hall–Kier alpha value is -3.61. The van der Waals surface area contributed by atoms with Gasteiger partial charge in [0.25, 0.3) is 0 Å². The second-order valence-corrected chi connectivity index (χ2v) is 8.06. The first-order valence-corrected chi connectivity index (χ1v) is 10.7. The van der Waals surface area contributed by atoms with E-state index in [1.165, 1.54) is 12.8 Å². The van der Waals surface area contributed by atoms with E-state index in [9.17, 15) is 0 Å². The number of nitrogens with two attached hydrogens (primary N) is 1. The molecule has 1 aliphatic heterocycles. The van der Waals surface area contributed by atoms with Gasteiger partial charge in [0, 0.05) is 17.5 Å². The number of fused-ring (bicyclic) bond motifs is 1. The Balaban J connectivity index is 1.47. The van der Waals surface area contributed by atoms with Crippen LogP contribution in [0.3, 0.4) is 0 Å². The van der Waals surface area contributed by atoms with Crippen LogP contribution in [-0.4, -0.2) is 39.5 Å².